The van der Waals surface area contributed by atoms with Gasteiger partial charge in [-0.3, -0.25) is 0 Å². The number of hydrogen-bond acceptors (Lipinski definition) is 6. The van der Waals surface area contributed by atoms with E-state index in [1.54, 1.807) is 17.9 Å². The van der Waals surface area contributed by atoms with Gasteiger partial charge in [0.05, 0.1) is 6.10 Å². The van der Waals surface area contributed by atoms with Crippen LogP contribution in [0.5, 0.6) is 0 Å². The monoisotopic (exact) mass is 299 g/mol. The van der Waals surface area contributed by atoms with Gasteiger partial charge in [0.1, 0.15) is 18.7 Å². The lowest BCUT2D eigenvalue weighted by molar-refractivity contribution is 0.120. The van der Waals surface area contributed by atoms with Crippen LogP contribution in [0.25, 0.3) is 11.5 Å². The molecule has 0 aliphatic heterocycles. The summed E-state index contributed by atoms with van der Waals surface area (Å²) in [6, 6.07) is 7.38. The van der Waals surface area contributed by atoms with Crippen LogP contribution in [-0.2, 0) is 0 Å². The lowest BCUT2D eigenvalue weighted by Gasteiger charge is -2.22. The SMILES string of the molecule is CCC(O)C(c1ccc(-c2nnc(C)o2)cc1)n1cncn1. The molecule has 2 aromatic heterocycles. The maximum Gasteiger partial charge on any atom is 0.247 e. The molecule has 2 unspecified atom stereocenters. The Kier molecular flexibility index (Phi) is 3.97. The largest absolute Gasteiger partial charge is 0.421 e. The zero-order chi connectivity index (χ0) is 15.5. The summed E-state index contributed by atoms with van der Waals surface area (Å²) in [4.78, 5) is 3.96. The number of aryl methyl sites for hydroxylation is 1. The summed E-state index contributed by atoms with van der Waals surface area (Å²) in [5.74, 6) is 1.01. The zero-order valence-electron chi connectivity index (χ0n) is 12.4. The van der Waals surface area contributed by atoms with E-state index in [2.05, 4.69) is 20.3 Å². The third kappa shape index (κ3) is 2.75. The molecule has 7 heteroatoms. The van der Waals surface area contributed by atoms with E-state index in [1.807, 2.05) is 31.2 Å². The fraction of sp³-hybridized carbons (Fsp3) is 0.333. The molecule has 1 N–H and O–H groups in total. The minimum absolute atomic E-state index is 0.272. The van der Waals surface area contributed by atoms with Crippen LogP contribution in [0.15, 0.2) is 41.3 Å². The second kappa shape index (κ2) is 6.07. The fourth-order valence-electron chi connectivity index (χ4n) is 2.37. The van der Waals surface area contributed by atoms with Crippen LogP contribution in [0.3, 0.4) is 0 Å². The average molecular weight is 299 g/mol. The van der Waals surface area contributed by atoms with Crippen LogP contribution in [0.1, 0.15) is 30.8 Å². The van der Waals surface area contributed by atoms with Gasteiger partial charge in [-0.2, -0.15) is 5.10 Å². The van der Waals surface area contributed by atoms with E-state index in [-0.39, 0.29) is 6.04 Å². The van der Waals surface area contributed by atoms with Crippen molar-refractivity contribution in [3.8, 4) is 11.5 Å². The molecule has 0 saturated carbocycles. The smallest absolute Gasteiger partial charge is 0.247 e. The summed E-state index contributed by atoms with van der Waals surface area (Å²) in [5, 5.41) is 22.3. The van der Waals surface area contributed by atoms with Crippen molar-refractivity contribution < 1.29 is 9.52 Å². The Bertz CT molecular complexity index is 721. The second-order valence-electron chi connectivity index (χ2n) is 5.04. The van der Waals surface area contributed by atoms with Crippen molar-refractivity contribution >= 4 is 0 Å². The summed E-state index contributed by atoms with van der Waals surface area (Å²) in [7, 11) is 0. The second-order valence-corrected chi connectivity index (χ2v) is 5.04. The standard InChI is InChI=1S/C15H17N5O2/c1-3-13(21)14(20-9-16-8-17-20)11-4-6-12(7-5-11)15-19-18-10(2)22-15/h4-9,13-14,21H,3H2,1-2H3. The Morgan fingerprint density at radius 2 is 2.00 bits per heavy atom. The van der Waals surface area contributed by atoms with Gasteiger partial charge in [0, 0.05) is 12.5 Å². The van der Waals surface area contributed by atoms with Crippen molar-refractivity contribution in [3.05, 3.63) is 48.4 Å². The van der Waals surface area contributed by atoms with Crippen molar-refractivity contribution in [2.45, 2.75) is 32.4 Å². The van der Waals surface area contributed by atoms with Gasteiger partial charge in [-0.15, -0.1) is 10.2 Å². The van der Waals surface area contributed by atoms with E-state index in [0.717, 1.165) is 11.1 Å². The molecule has 0 fully saturated rings. The number of aromatic nitrogens is 5. The maximum atomic E-state index is 10.3. The molecule has 1 aromatic carbocycles. The third-order valence-electron chi connectivity index (χ3n) is 3.53. The molecule has 7 nitrogen and oxygen atoms in total. The van der Waals surface area contributed by atoms with Crippen LogP contribution in [0.4, 0.5) is 0 Å². The first-order chi connectivity index (χ1) is 10.7. The highest BCUT2D eigenvalue weighted by Gasteiger charge is 2.22. The molecular weight excluding hydrogens is 282 g/mol. The third-order valence-corrected chi connectivity index (χ3v) is 3.53. The zero-order valence-corrected chi connectivity index (χ0v) is 12.4. The molecule has 3 aromatic rings. The van der Waals surface area contributed by atoms with Crippen LogP contribution in [-0.4, -0.2) is 36.2 Å². The van der Waals surface area contributed by atoms with Crippen LogP contribution >= 0.6 is 0 Å². The Hall–Kier alpha value is -2.54. The Balaban J connectivity index is 1.92. The first kappa shape index (κ1) is 14.4. The van der Waals surface area contributed by atoms with Crippen molar-refractivity contribution in [3.63, 3.8) is 0 Å². The number of aliphatic hydroxyl groups is 1. The molecule has 0 radical (unpaired) electrons. The van der Waals surface area contributed by atoms with Crippen LogP contribution in [0, 0.1) is 6.92 Å². The van der Waals surface area contributed by atoms with Crippen molar-refractivity contribution in [2.24, 2.45) is 0 Å². The Morgan fingerprint density at radius 3 is 2.55 bits per heavy atom. The first-order valence-corrected chi connectivity index (χ1v) is 7.11. The fourth-order valence-corrected chi connectivity index (χ4v) is 2.37. The van der Waals surface area contributed by atoms with Crippen LogP contribution < -0.4 is 0 Å². The maximum absolute atomic E-state index is 10.3. The van der Waals surface area contributed by atoms with E-state index in [0.29, 0.717) is 18.2 Å². The normalized spacial score (nSPS) is 14.0. The highest BCUT2D eigenvalue weighted by atomic mass is 16.4. The van der Waals surface area contributed by atoms with E-state index in [1.165, 1.54) is 6.33 Å². The first-order valence-electron chi connectivity index (χ1n) is 7.11. The molecule has 22 heavy (non-hydrogen) atoms. The summed E-state index contributed by atoms with van der Waals surface area (Å²) >= 11 is 0. The predicted molar refractivity (Wildman–Crippen MR) is 78.9 cm³/mol. The number of rotatable bonds is 5. The molecule has 0 spiro atoms. The van der Waals surface area contributed by atoms with E-state index in [9.17, 15) is 5.11 Å². The summed E-state index contributed by atoms with van der Waals surface area (Å²) in [6.07, 6.45) is 3.15. The van der Waals surface area contributed by atoms with Gasteiger partial charge in [-0.1, -0.05) is 19.1 Å². The molecule has 3 rings (SSSR count). The average Bonchev–Trinajstić information content (AvgIpc) is 3.20. The molecule has 0 amide bonds. The Morgan fingerprint density at radius 1 is 1.23 bits per heavy atom. The van der Waals surface area contributed by atoms with Gasteiger partial charge in [-0.05, 0) is 24.1 Å². The van der Waals surface area contributed by atoms with Crippen molar-refractivity contribution in [1.29, 1.82) is 0 Å². The summed E-state index contributed by atoms with van der Waals surface area (Å²) in [6.45, 7) is 3.69. The van der Waals surface area contributed by atoms with E-state index in [4.69, 9.17) is 4.42 Å². The van der Waals surface area contributed by atoms with E-state index >= 15 is 0 Å². The van der Waals surface area contributed by atoms with Gasteiger partial charge in [0.15, 0.2) is 0 Å². The minimum atomic E-state index is -0.543. The minimum Gasteiger partial charge on any atom is -0.421 e. The van der Waals surface area contributed by atoms with Crippen LogP contribution in [0.2, 0.25) is 0 Å². The van der Waals surface area contributed by atoms with E-state index < -0.39 is 6.10 Å². The van der Waals surface area contributed by atoms with Gasteiger partial charge >= 0.3 is 0 Å². The number of benzene rings is 1. The molecule has 114 valence electrons. The van der Waals surface area contributed by atoms with Gasteiger partial charge in [0.25, 0.3) is 0 Å². The Labute approximate surface area is 127 Å². The molecule has 0 aliphatic carbocycles. The van der Waals surface area contributed by atoms with Gasteiger partial charge in [0.2, 0.25) is 11.8 Å². The lowest BCUT2D eigenvalue weighted by atomic mass is 9.98. The highest BCUT2D eigenvalue weighted by Crippen LogP contribution is 2.26. The summed E-state index contributed by atoms with van der Waals surface area (Å²) < 4.78 is 7.08. The predicted octanol–water partition coefficient (Wildman–Crippen LogP) is 2.00. The topological polar surface area (TPSA) is 89.9 Å². The molecule has 0 bridgehead atoms. The molecule has 0 saturated heterocycles. The molecule has 2 heterocycles. The van der Waals surface area contributed by atoms with Crippen molar-refractivity contribution in [1.82, 2.24) is 25.0 Å². The van der Waals surface area contributed by atoms with Crippen molar-refractivity contribution in [2.75, 3.05) is 0 Å². The van der Waals surface area contributed by atoms with Gasteiger partial charge < -0.3 is 9.52 Å². The number of nitrogens with zero attached hydrogens (tertiary/aromatic N) is 5. The number of aliphatic hydroxyl groups excluding tert-OH is 1. The van der Waals surface area contributed by atoms with Gasteiger partial charge in [-0.25, -0.2) is 9.67 Å². The number of hydrogen-bond donors (Lipinski definition) is 1. The highest BCUT2D eigenvalue weighted by molar-refractivity contribution is 5.53. The molecule has 0 aliphatic rings. The quantitative estimate of drug-likeness (QED) is 0.775. The summed E-state index contributed by atoms with van der Waals surface area (Å²) in [5.41, 5.74) is 1.78. The molecular formula is C15H17N5O2. The lowest BCUT2D eigenvalue weighted by Crippen LogP contribution is -2.25. The molecule has 2 atom stereocenters.